The van der Waals surface area contributed by atoms with Gasteiger partial charge in [-0.15, -0.1) is 0 Å². The third-order valence-electron chi connectivity index (χ3n) is 4.38. The van der Waals surface area contributed by atoms with E-state index in [0.29, 0.717) is 0 Å². The van der Waals surface area contributed by atoms with Gasteiger partial charge in [-0.3, -0.25) is 9.80 Å². The minimum atomic E-state index is 0.859. The number of rotatable bonds is 1. The summed E-state index contributed by atoms with van der Waals surface area (Å²) in [7, 11) is 0. The molecule has 2 aliphatic heterocycles. The molecule has 2 atom stereocenters. The first-order chi connectivity index (χ1) is 7.43. The molecule has 3 rings (SSSR count). The molecule has 0 aromatic heterocycles. The highest BCUT2D eigenvalue weighted by Gasteiger charge is 2.32. The van der Waals surface area contributed by atoms with Crippen LogP contribution in [0.25, 0.3) is 0 Å². The van der Waals surface area contributed by atoms with E-state index in [1.807, 2.05) is 0 Å². The van der Waals surface area contributed by atoms with Crippen LogP contribution in [0.4, 0.5) is 0 Å². The lowest BCUT2D eigenvalue weighted by Gasteiger charge is -2.42. The molecule has 0 N–H and O–H groups in total. The van der Waals surface area contributed by atoms with Crippen molar-refractivity contribution >= 4 is 0 Å². The monoisotopic (exact) mass is 206 g/mol. The predicted molar refractivity (Wildman–Crippen MR) is 62.9 cm³/mol. The lowest BCUT2D eigenvalue weighted by Crippen LogP contribution is -2.53. The molecular weight excluding hydrogens is 184 g/mol. The van der Waals surface area contributed by atoms with Crippen molar-refractivity contribution in [2.45, 2.75) is 44.2 Å². The molecule has 0 spiro atoms. The standard InChI is InChI=1S/C13H22N2/c1-2-5-12(6-3-1)15-10-9-14-8-4-7-13(14)11-15/h1-2,12-13H,3-11H2. The third-order valence-corrected chi connectivity index (χ3v) is 4.38. The third kappa shape index (κ3) is 1.98. The first-order valence-corrected chi connectivity index (χ1v) is 6.56. The Morgan fingerprint density at radius 2 is 1.80 bits per heavy atom. The number of hydrogen-bond donors (Lipinski definition) is 0. The van der Waals surface area contributed by atoms with Crippen LogP contribution in [-0.4, -0.2) is 48.1 Å². The summed E-state index contributed by atoms with van der Waals surface area (Å²) in [5.41, 5.74) is 0. The van der Waals surface area contributed by atoms with E-state index in [4.69, 9.17) is 0 Å². The molecule has 2 saturated heterocycles. The van der Waals surface area contributed by atoms with Gasteiger partial charge in [-0.1, -0.05) is 12.2 Å². The molecule has 84 valence electrons. The Balaban J connectivity index is 1.60. The molecule has 2 heteroatoms. The summed E-state index contributed by atoms with van der Waals surface area (Å²) in [6.07, 6.45) is 11.6. The van der Waals surface area contributed by atoms with Crippen LogP contribution < -0.4 is 0 Å². The van der Waals surface area contributed by atoms with Crippen molar-refractivity contribution in [1.82, 2.24) is 9.80 Å². The van der Waals surface area contributed by atoms with Gasteiger partial charge < -0.3 is 0 Å². The summed E-state index contributed by atoms with van der Waals surface area (Å²) in [6.45, 7) is 5.35. The van der Waals surface area contributed by atoms with Crippen molar-refractivity contribution in [2.75, 3.05) is 26.2 Å². The Morgan fingerprint density at radius 3 is 2.67 bits per heavy atom. The maximum Gasteiger partial charge on any atom is 0.0224 e. The molecule has 0 aromatic rings. The minimum absolute atomic E-state index is 0.859. The van der Waals surface area contributed by atoms with Crippen LogP contribution in [0, 0.1) is 0 Å². The van der Waals surface area contributed by atoms with Crippen LogP contribution in [0.15, 0.2) is 12.2 Å². The average Bonchev–Trinajstić information content (AvgIpc) is 2.77. The zero-order valence-electron chi connectivity index (χ0n) is 9.57. The van der Waals surface area contributed by atoms with E-state index in [9.17, 15) is 0 Å². The molecule has 0 saturated carbocycles. The molecule has 2 nitrogen and oxygen atoms in total. The molecular formula is C13H22N2. The topological polar surface area (TPSA) is 6.48 Å². The van der Waals surface area contributed by atoms with Crippen molar-refractivity contribution in [3.63, 3.8) is 0 Å². The van der Waals surface area contributed by atoms with Crippen LogP contribution in [0.5, 0.6) is 0 Å². The fraction of sp³-hybridized carbons (Fsp3) is 0.846. The van der Waals surface area contributed by atoms with Gasteiger partial charge in [0.1, 0.15) is 0 Å². The zero-order valence-corrected chi connectivity index (χ0v) is 9.57. The van der Waals surface area contributed by atoms with Gasteiger partial charge in [0.25, 0.3) is 0 Å². The Hall–Kier alpha value is -0.340. The lowest BCUT2D eigenvalue weighted by atomic mass is 9.98. The zero-order chi connectivity index (χ0) is 10.1. The Morgan fingerprint density at radius 1 is 0.867 bits per heavy atom. The molecule has 0 aromatic carbocycles. The van der Waals surface area contributed by atoms with E-state index in [1.165, 1.54) is 58.3 Å². The Bertz CT molecular complexity index is 249. The van der Waals surface area contributed by atoms with E-state index in [-0.39, 0.29) is 0 Å². The lowest BCUT2D eigenvalue weighted by molar-refractivity contribution is 0.0680. The summed E-state index contributed by atoms with van der Waals surface area (Å²) in [4.78, 5) is 5.46. The van der Waals surface area contributed by atoms with Gasteiger partial charge >= 0.3 is 0 Å². The number of hydrogen-bond acceptors (Lipinski definition) is 2. The SMILES string of the molecule is C1=CCC(N2CCN3CCCC3C2)CC1. The largest absolute Gasteiger partial charge is 0.298 e. The Labute approximate surface area is 92.9 Å². The number of nitrogens with zero attached hydrogens (tertiary/aromatic N) is 2. The summed E-state index contributed by atoms with van der Waals surface area (Å²) < 4.78 is 0. The molecule has 3 aliphatic rings. The van der Waals surface area contributed by atoms with Gasteiger partial charge in [0, 0.05) is 31.7 Å². The molecule has 0 radical (unpaired) electrons. The van der Waals surface area contributed by atoms with E-state index in [2.05, 4.69) is 22.0 Å². The smallest absolute Gasteiger partial charge is 0.0224 e. The molecule has 1 aliphatic carbocycles. The normalized spacial score (nSPS) is 38.1. The van der Waals surface area contributed by atoms with Crippen molar-refractivity contribution in [3.05, 3.63) is 12.2 Å². The van der Waals surface area contributed by atoms with Crippen LogP contribution in [0.1, 0.15) is 32.1 Å². The van der Waals surface area contributed by atoms with Gasteiger partial charge in [-0.05, 0) is 38.6 Å². The van der Waals surface area contributed by atoms with Crippen molar-refractivity contribution in [1.29, 1.82) is 0 Å². The molecule has 15 heavy (non-hydrogen) atoms. The van der Waals surface area contributed by atoms with Crippen molar-refractivity contribution in [2.24, 2.45) is 0 Å². The first-order valence-electron chi connectivity index (χ1n) is 6.56. The van der Waals surface area contributed by atoms with E-state index < -0.39 is 0 Å². The molecule has 2 unspecified atom stereocenters. The molecule has 2 fully saturated rings. The number of fused-ring (bicyclic) bond motifs is 1. The van der Waals surface area contributed by atoms with Crippen molar-refractivity contribution in [3.8, 4) is 0 Å². The van der Waals surface area contributed by atoms with Gasteiger partial charge in [0.2, 0.25) is 0 Å². The van der Waals surface area contributed by atoms with Crippen LogP contribution in [-0.2, 0) is 0 Å². The quantitative estimate of drug-likeness (QED) is 0.604. The number of piperazine rings is 1. The van der Waals surface area contributed by atoms with Gasteiger partial charge in [0.15, 0.2) is 0 Å². The van der Waals surface area contributed by atoms with Gasteiger partial charge in [0.05, 0.1) is 0 Å². The summed E-state index contributed by atoms with van der Waals surface area (Å²) >= 11 is 0. The average molecular weight is 206 g/mol. The molecule has 0 amide bonds. The second kappa shape index (κ2) is 4.26. The highest BCUT2D eigenvalue weighted by molar-refractivity contribution is 4.97. The summed E-state index contributed by atoms with van der Waals surface area (Å²) in [5, 5.41) is 0. The Kier molecular flexibility index (Phi) is 2.80. The summed E-state index contributed by atoms with van der Waals surface area (Å²) in [6, 6.07) is 1.75. The highest BCUT2D eigenvalue weighted by Crippen LogP contribution is 2.25. The van der Waals surface area contributed by atoms with Gasteiger partial charge in [-0.2, -0.15) is 0 Å². The fourth-order valence-corrected chi connectivity index (χ4v) is 3.46. The maximum atomic E-state index is 2.76. The second-order valence-electron chi connectivity index (χ2n) is 5.27. The highest BCUT2D eigenvalue weighted by atomic mass is 15.3. The number of allylic oxidation sites excluding steroid dienone is 1. The second-order valence-corrected chi connectivity index (χ2v) is 5.27. The van der Waals surface area contributed by atoms with Crippen LogP contribution in [0.2, 0.25) is 0 Å². The molecule has 2 heterocycles. The minimum Gasteiger partial charge on any atom is -0.298 e. The maximum absolute atomic E-state index is 2.76. The van der Waals surface area contributed by atoms with Crippen molar-refractivity contribution < 1.29 is 0 Å². The van der Waals surface area contributed by atoms with E-state index in [0.717, 1.165) is 12.1 Å². The van der Waals surface area contributed by atoms with E-state index >= 15 is 0 Å². The van der Waals surface area contributed by atoms with E-state index in [1.54, 1.807) is 0 Å². The predicted octanol–water partition coefficient (Wildman–Crippen LogP) is 1.88. The fourth-order valence-electron chi connectivity index (χ4n) is 3.46. The van der Waals surface area contributed by atoms with Crippen LogP contribution in [0.3, 0.4) is 0 Å². The van der Waals surface area contributed by atoms with Crippen LogP contribution >= 0.6 is 0 Å². The van der Waals surface area contributed by atoms with Gasteiger partial charge in [-0.25, -0.2) is 0 Å². The first kappa shape index (κ1) is 9.86. The summed E-state index contributed by atoms with van der Waals surface area (Å²) in [5.74, 6) is 0. The molecule has 0 bridgehead atoms.